The van der Waals surface area contributed by atoms with E-state index in [1.165, 1.54) is 0 Å². The fourth-order valence-corrected chi connectivity index (χ4v) is 1.96. The number of nitrogens with two attached hydrogens (primary N) is 1. The molecule has 96 valence electrons. The van der Waals surface area contributed by atoms with Gasteiger partial charge in [-0.05, 0) is 17.7 Å². The van der Waals surface area contributed by atoms with Crippen molar-refractivity contribution in [3.63, 3.8) is 0 Å². The molecule has 0 saturated carbocycles. The molecular formula is C12H15N3O3. The number of nitrogens with one attached hydrogen (secondary N) is 1. The Morgan fingerprint density at radius 2 is 2.33 bits per heavy atom. The first-order chi connectivity index (χ1) is 8.61. The second-order valence-corrected chi connectivity index (χ2v) is 4.16. The first-order valence-corrected chi connectivity index (χ1v) is 5.71. The zero-order chi connectivity index (χ0) is 13.1. The van der Waals surface area contributed by atoms with Gasteiger partial charge in [-0.25, -0.2) is 0 Å². The van der Waals surface area contributed by atoms with Crippen molar-refractivity contribution in [1.82, 2.24) is 5.43 Å². The van der Waals surface area contributed by atoms with E-state index in [0.29, 0.717) is 18.5 Å². The van der Waals surface area contributed by atoms with Crippen LogP contribution in [0.3, 0.4) is 0 Å². The molecule has 1 fully saturated rings. The lowest BCUT2D eigenvalue weighted by atomic mass is 9.99. The molecule has 0 bridgehead atoms. The maximum absolute atomic E-state index is 11.1. The van der Waals surface area contributed by atoms with Crippen molar-refractivity contribution < 1.29 is 14.7 Å². The van der Waals surface area contributed by atoms with E-state index < -0.39 is 11.9 Å². The summed E-state index contributed by atoms with van der Waals surface area (Å²) in [5, 5.41) is 10.8. The minimum absolute atomic E-state index is 0.0333. The summed E-state index contributed by atoms with van der Waals surface area (Å²) < 4.78 is 0. The van der Waals surface area contributed by atoms with Gasteiger partial charge in [0.05, 0.1) is 11.6 Å². The number of carbonyl (C=O) groups excluding carboxylic acids is 1. The van der Waals surface area contributed by atoms with Crippen LogP contribution < -0.4 is 16.2 Å². The van der Waals surface area contributed by atoms with Crippen LogP contribution in [0.2, 0.25) is 0 Å². The van der Waals surface area contributed by atoms with Crippen LogP contribution in [0.5, 0.6) is 0 Å². The van der Waals surface area contributed by atoms with E-state index in [1.54, 1.807) is 23.2 Å². The molecule has 1 aromatic rings. The first kappa shape index (κ1) is 12.4. The number of hydrogen-bond donors (Lipinski definition) is 3. The third-order valence-electron chi connectivity index (χ3n) is 2.94. The average Bonchev–Trinajstić information content (AvgIpc) is 2.77. The van der Waals surface area contributed by atoms with Crippen LogP contribution in [-0.4, -0.2) is 30.1 Å². The number of amides is 1. The Labute approximate surface area is 104 Å². The third kappa shape index (κ3) is 2.43. The lowest BCUT2D eigenvalue weighted by Crippen LogP contribution is -2.33. The molecule has 1 unspecified atom stereocenters. The summed E-state index contributed by atoms with van der Waals surface area (Å²) in [7, 11) is 0. The Hall–Kier alpha value is -2.08. The summed E-state index contributed by atoms with van der Waals surface area (Å²) in [6.45, 7) is 0.633. The standard InChI is InChI=1S/C12H15N3O3/c13-7-10(12(17)18)8-2-1-3-9(6-8)15-5-4-11(16)14-15/h1-3,6,10H,4-5,7,13H2,(H,14,16)(H,17,18). The smallest absolute Gasteiger partial charge is 0.312 e. The molecule has 0 aliphatic carbocycles. The van der Waals surface area contributed by atoms with Gasteiger partial charge in [-0.2, -0.15) is 0 Å². The summed E-state index contributed by atoms with van der Waals surface area (Å²) in [4.78, 5) is 22.2. The number of aliphatic carboxylic acids is 1. The number of carboxylic acids is 1. The second-order valence-electron chi connectivity index (χ2n) is 4.16. The molecule has 6 heteroatoms. The van der Waals surface area contributed by atoms with Crippen molar-refractivity contribution in [3.05, 3.63) is 29.8 Å². The summed E-state index contributed by atoms with van der Waals surface area (Å²) >= 11 is 0. The maximum Gasteiger partial charge on any atom is 0.312 e. The van der Waals surface area contributed by atoms with Gasteiger partial charge in [0.2, 0.25) is 5.91 Å². The molecule has 1 aliphatic rings. The number of hydrogen-bond acceptors (Lipinski definition) is 4. The van der Waals surface area contributed by atoms with E-state index in [0.717, 1.165) is 5.69 Å². The van der Waals surface area contributed by atoms with Crippen molar-refractivity contribution in [2.45, 2.75) is 12.3 Å². The minimum atomic E-state index is -0.944. The lowest BCUT2D eigenvalue weighted by molar-refractivity contribution is -0.138. The van der Waals surface area contributed by atoms with Gasteiger partial charge in [-0.1, -0.05) is 12.1 Å². The highest BCUT2D eigenvalue weighted by molar-refractivity contribution is 5.82. The Morgan fingerprint density at radius 1 is 1.56 bits per heavy atom. The Bertz CT molecular complexity index is 475. The van der Waals surface area contributed by atoms with E-state index in [4.69, 9.17) is 10.8 Å². The quantitative estimate of drug-likeness (QED) is 0.701. The zero-order valence-corrected chi connectivity index (χ0v) is 9.80. The molecular weight excluding hydrogens is 234 g/mol. The molecule has 0 radical (unpaired) electrons. The van der Waals surface area contributed by atoms with E-state index in [1.807, 2.05) is 6.07 Å². The summed E-state index contributed by atoms with van der Waals surface area (Å²) in [5.41, 5.74) is 9.58. The number of benzene rings is 1. The Morgan fingerprint density at radius 3 is 2.89 bits per heavy atom. The van der Waals surface area contributed by atoms with Gasteiger partial charge in [0.15, 0.2) is 0 Å². The van der Waals surface area contributed by atoms with Gasteiger partial charge in [0, 0.05) is 19.5 Å². The fourth-order valence-electron chi connectivity index (χ4n) is 1.96. The highest BCUT2D eigenvalue weighted by Crippen LogP contribution is 2.22. The molecule has 0 spiro atoms. The molecule has 4 N–H and O–H groups in total. The highest BCUT2D eigenvalue weighted by Gasteiger charge is 2.22. The predicted molar refractivity (Wildman–Crippen MR) is 66.0 cm³/mol. The van der Waals surface area contributed by atoms with Crippen LogP contribution >= 0.6 is 0 Å². The summed E-state index contributed by atoms with van der Waals surface area (Å²) in [6, 6.07) is 7.07. The van der Waals surface area contributed by atoms with Crippen molar-refractivity contribution in [3.8, 4) is 0 Å². The van der Waals surface area contributed by atoms with Crippen molar-refractivity contribution in [2.24, 2.45) is 5.73 Å². The van der Waals surface area contributed by atoms with Gasteiger partial charge in [0.25, 0.3) is 0 Å². The van der Waals surface area contributed by atoms with Crippen molar-refractivity contribution in [1.29, 1.82) is 0 Å². The van der Waals surface area contributed by atoms with E-state index in [-0.39, 0.29) is 12.5 Å². The van der Waals surface area contributed by atoms with Crippen LogP contribution in [0.25, 0.3) is 0 Å². The predicted octanol–water partition coefficient (Wildman–Crippen LogP) is 0.0548. The van der Waals surface area contributed by atoms with Crippen LogP contribution in [0, 0.1) is 0 Å². The Balaban J connectivity index is 2.24. The largest absolute Gasteiger partial charge is 0.481 e. The van der Waals surface area contributed by atoms with E-state index in [2.05, 4.69) is 5.43 Å². The maximum atomic E-state index is 11.1. The number of rotatable bonds is 4. The lowest BCUT2D eigenvalue weighted by Gasteiger charge is -2.19. The molecule has 2 rings (SSSR count). The van der Waals surface area contributed by atoms with Crippen LogP contribution in [-0.2, 0) is 9.59 Å². The number of hydrazine groups is 1. The van der Waals surface area contributed by atoms with E-state index >= 15 is 0 Å². The number of nitrogens with zero attached hydrogens (tertiary/aromatic N) is 1. The topological polar surface area (TPSA) is 95.7 Å². The summed E-state index contributed by atoms with van der Waals surface area (Å²) in [6.07, 6.45) is 0.448. The third-order valence-corrected chi connectivity index (χ3v) is 2.94. The monoisotopic (exact) mass is 249 g/mol. The molecule has 1 atom stereocenters. The van der Waals surface area contributed by atoms with Gasteiger partial charge < -0.3 is 10.8 Å². The zero-order valence-electron chi connectivity index (χ0n) is 9.80. The van der Waals surface area contributed by atoms with Gasteiger partial charge in [0.1, 0.15) is 0 Å². The fraction of sp³-hybridized carbons (Fsp3) is 0.333. The number of carbonyl (C=O) groups is 2. The summed E-state index contributed by atoms with van der Waals surface area (Å²) in [5.74, 6) is -1.70. The molecule has 1 amide bonds. The molecule has 0 aromatic heterocycles. The number of anilines is 1. The van der Waals surface area contributed by atoms with Crippen LogP contribution in [0.4, 0.5) is 5.69 Å². The molecule has 1 aromatic carbocycles. The highest BCUT2D eigenvalue weighted by atomic mass is 16.4. The van der Waals surface area contributed by atoms with Crippen molar-refractivity contribution in [2.75, 3.05) is 18.1 Å². The Kier molecular flexibility index (Phi) is 3.47. The molecule has 6 nitrogen and oxygen atoms in total. The van der Waals surface area contributed by atoms with Crippen LogP contribution in [0.1, 0.15) is 17.9 Å². The number of carboxylic acid groups (broad SMARTS) is 1. The minimum Gasteiger partial charge on any atom is -0.481 e. The van der Waals surface area contributed by atoms with E-state index in [9.17, 15) is 9.59 Å². The first-order valence-electron chi connectivity index (χ1n) is 5.71. The van der Waals surface area contributed by atoms with Gasteiger partial charge in [-0.15, -0.1) is 0 Å². The van der Waals surface area contributed by atoms with Gasteiger partial charge >= 0.3 is 5.97 Å². The molecule has 1 aliphatic heterocycles. The van der Waals surface area contributed by atoms with Crippen molar-refractivity contribution >= 4 is 17.6 Å². The van der Waals surface area contributed by atoms with Gasteiger partial charge in [-0.3, -0.25) is 20.0 Å². The second kappa shape index (κ2) is 5.05. The SMILES string of the molecule is NCC(C(=O)O)c1cccc(N2CCC(=O)N2)c1. The molecule has 18 heavy (non-hydrogen) atoms. The van der Waals surface area contributed by atoms with Crippen LogP contribution in [0.15, 0.2) is 24.3 Å². The molecule has 1 heterocycles. The average molecular weight is 249 g/mol. The normalized spacial score (nSPS) is 16.5. The molecule has 1 saturated heterocycles.